The third-order valence-electron chi connectivity index (χ3n) is 6.75. The number of benzene rings is 1. The summed E-state index contributed by atoms with van der Waals surface area (Å²) in [4.78, 5) is 34.6. The average molecular weight is 505 g/mol. The second kappa shape index (κ2) is 9.14. The van der Waals surface area contributed by atoms with Crippen LogP contribution in [-0.2, 0) is 0 Å². The third-order valence-corrected chi connectivity index (χ3v) is 6.75. The highest BCUT2D eigenvalue weighted by molar-refractivity contribution is 5.97. The van der Waals surface area contributed by atoms with Crippen LogP contribution in [0.5, 0.6) is 0 Å². The van der Waals surface area contributed by atoms with Crippen molar-refractivity contribution in [1.82, 2.24) is 19.9 Å². The molecule has 1 saturated heterocycles. The van der Waals surface area contributed by atoms with Gasteiger partial charge in [0.15, 0.2) is 11.3 Å². The molecule has 0 bridgehead atoms. The summed E-state index contributed by atoms with van der Waals surface area (Å²) in [6.45, 7) is 10.7. The Morgan fingerprint density at radius 1 is 1.03 bits per heavy atom. The monoisotopic (exact) mass is 504 g/mol. The van der Waals surface area contributed by atoms with Crippen LogP contribution in [0.25, 0.3) is 22.4 Å². The molecular weight excluding hydrogens is 475 g/mol. The summed E-state index contributed by atoms with van der Waals surface area (Å²) in [7, 11) is 0. The van der Waals surface area contributed by atoms with Crippen molar-refractivity contribution in [3.05, 3.63) is 71.1 Å². The van der Waals surface area contributed by atoms with Crippen LogP contribution in [0.15, 0.2) is 51.4 Å². The van der Waals surface area contributed by atoms with E-state index in [4.69, 9.17) is 13.9 Å². The number of rotatable bonds is 4. The van der Waals surface area contributed by atoms with Gasteiger partial charge >= 0.3 is 0 Å². The molecule has 5 rings (SSSR count). The van der Waals surface area contributed by atoms with Crippen LogP contribution in [0.4, 0.5) is 4.39 Å². The Hall–Kier alpha value is -4.01. The molecule has 4 aromatic rings. The Balaban J connectivity index is 1.43. The maximum absolute atomic E-state index is 13.6. The van der Waals surface area contributed by atoms with Gasteiger partial charge < -0.3 is 18.7 Å². The molecule has 0 atom stereocenters. The number of fused-ring (bicyclic) bond motifs is 1. The Morgan fingerprint density at radius 3 is 2.38 bits per heavy atom. The Bertz CT molecular complexity index is 1490. The molecule has 0 spiro atoms. The van der Waals surface area contributed by atoms with Gasteiger partial charge in [0.2, 0.25) is 5.76 Å². The molecule has 2 amide bonds. The molecule has 1 aliphatic rings. The van der Waals surface area contributed by atoms with Gasteiger partial charge in [0.05, 0.1) is 16.9 Å². The molecule has 8 nitrogen and oxygen atoms in total. The molecule has 1 aliphatic heterocycles. The number of aryl methyl sites for hydroxylation is 1. The summed E-state index contributed by atoms with van der Waals surface area (Å²) < 4.78 is 24.7. The number of aromatic nitrogens is 2. The van der Waals surface area contributed by atoms with Crippen LogP contribution in [0.3, 0.4) is 0 Å². The van der Waals surface area contributed by atoms with Crippen LogP contribution in [0.1, 0.15) is 66.0 Å². The van der Waals surface area contributed by atoms with Crippen molar-refractivity contribution in [2.24, 2.45) is 0 Å². The summed E-state index contributed by atoms with van der Waals surface area (Å²) in [6, 6.07) is 11.4. The molecule has 4 heterocycles. The molecule has 0 N–H and O–H groups in total. The molecule has 3 aromatic heterocycles. The van der Waals surface area contributed by atoms with E-state index in [9.17, 15) is 14.0 Å². The summed E-state index contributed by atoms with van der Waals surface area (Å²) in [5.74, 6) is -0.323. The van der Waals surface area contributed by atoms with Crippen LogP contribution < -0.4 is 0 Å². The first kappa shape index (κ1) is 24.7. The fourth-order valence-electron chi connectivity index (χ4n) is 4.81. The number of halogens is 1. The molecule has 0 aliphatic carbocycles. The second-order valence-electron chi connectivity index (χ2n) is 10.4. The molecular formula is C28H29FN4O4. The summed E-state index contributed by atoms with van der Waals surface area (Å²) in [5.41, 5.74) is 3.51. The number of amides is 2. The Labute approximate surface area is 214 Å². The number of carbonyl (C=O) groups is 2. The van der Waals surface area contributed by atoms with E-state index in [1.165, 1.54) is 12.1 Å². The first-order valence-corrected chi connectivity index (χ1v) is 12.3. The quantitative estimate of drug-likeness (QED) is 0.368. The lowest BCUT2D eigenvalue weighted by atomic mass is 9.98. The molecule has 0 radical (unpaired) electrons. The van der Waals surface area contributed by atoms with E-state index < -0.39 is 5.54 Å². The minimum absolute atomic E-state index is 0.115. The fourth-order valence-corrected chi connectivity index (χ4v) is 4.81. The summed E-state index contributed by atoms with van der Waals surface area (Å²) in [5, 5.41) is 3.80. The largest absolute Gasteiger partial charge is 0.449 e. The van der Waals surface area contributed by atoms with Crippen LogP contribution in [0, 0.1) is 12.7 Å². The van der Waals surface area contributed by atoms with Gasteiger partial charge in [0, 0.05) is 42.9 Å². The maximum Gasteiger partial charge on any atom is 0.292 e. The van der Waals surface area contributed by atoms with E-state index in [1.807, 2.05) is 33.8 Å². The fraction of sp³-hybridized carbons (Fsp3) is 0.357. The predicted molar refractivity (Wildman–Crippen MR) is 136 cm³/mol. The smallest absolute Gasteiger partial charge is 0.292 e. The van der Waals surface area contributed by atoms with Crippen LogP contribution in [-0.4, -0.2) is 56.9 Å². The molecule has 9 heteroatoms. The highest BCUT2D eigenvalue weighted by Gasteiger charge is 2.40. The Morgan fingerprint density at radius 2 is 1.76 bits per heavy atom. The van der Waals surface area contributed by atoms with E-state index in [0.717, 1.165) is 11.1 Å². The van der Waals surface area contributed by atoms with E-state index in [-0.39, 0.29) is 35.1 Å². The third kappa shape index (κ3) is 4.61. The molecule has 1 fully saturated rings. The van der Waals surface area contributed by atoms with Gasteiger partial charge in [-0.15, -0.1) is 0 Å². The average Bonchev–Trinajstić information content (AvgIpc) is 3.48. The number of nitrogens with zero attached hydrogens (tertiary/aromatic N) is 4. The summed E-state index contributed by atoms with van der Waals surface area (Å²) in [6.07, 6.45) is 0. The van der Waals surface area contributed by atoms with Crippen molar-refractivity contribution in [3.8, 4) is 11.3 Å². The zero-order valence-electron chi connectivity index (χ0n) is 21.5. The number of pyridine rings is 1. The van der Waals surface area contributed by atoms with E-state index in [1.54, 1.807) is 41.0 Å². The van der Waals surface area contributed by atoms with Gasteiger partial charge in [-0.3, -0.25) is 9.59 Å². The van der Waals surface area contributed by atoms with Crippen LogP contribution in [0.2, 0.25) is 0 Å². The zero-order chi connectivity index (χ0) is 26.5. The Kier molecular flexibility index (Phi) is 6.09. The second-order valence-corrected chi connectivity index (χ2v) is 10.4. The topological polar surface area (TPSA) is 92.7 Å². The van der Waals surface area contributed by atoms with Crippen molar-refractivity contribution in [1.29, 1.82) is 0 Å². The van der Waals surface area contributed by atoms with Gasteiger partial charge in [-0.2, -0.15) is 0 Å². The normalized spacial score (nSPS) is 15.5. The first-order valence-electron chi connectivity index (χ1n) is 12.3. The summed E-state index contributed by atoms with van der Waals surface area (Å²) >= 11 is 0. The van der Waals surface area contributed by atoms with Gasteiger partial charge in [-0.25, -0.2) is 9.37 Å². The van der Waals surface area contributed by atoms with Crippen molar-refractivity contribution in [2.75, 3.05) is 19.6 Å². The number of carbonyl (C=O) groups excluding carboxylic acids is 2. The van der Waals surface area contributed by atoms with Crippen molar-refractivity contribution in [3.63, 3.8) is 0 Å². The minimum atomic E-state index is -0.646. The standard InChI is InChI=1S/C28H29FN4O4/c1-16(2)20-13-21(18-6-8-19(29)9-7-18)30-22-14-23(36-25(20)22)27(35)33-11-10-32(15-28(33,4)5)26(34)24-12-17(3)31-37-24/h6-9,12-14,16H,10-11,15H2,1-5H3. The number of hydrogen-bond donors (Lipinski definition) is 0. The highest BCUT2D eigenvalue weighted by atomic mass is 19.1. The lowest BCUT2D eigenvalue weighted by Gasteiger charge is -2.46. The van der Waals surface area contributed by atoms with E-state index in [2.05, 4.69) is 5.16 Å². The van der Waals surface area contributed by atoms with Gasteiger partial charge in [-0.05, 0) is 57.0 Å². The molecule has 1 aromatic carbocycles. The van der Waals surface area contributed by atoms with E-state index in [0.29, 0.717) is 42.1 Å². The molecule has 0 saturated carbocycles. The lowest BCUT2D eigenvalue weighted by molar-refractivity contribution is 0.0136. The van der Waals surface area contributed by atoms with Gasteiger partial charge in [0.25, 0.3) is 11.8 Å². The maximum atomic E-state index is 13.6. The van der Waals surface area contributed by atoms with Gasteiger partial charge in [-0.1, -0.05) is 19.0 Å². The predicted octanol–water partition coefficient (Wildman–Crippen LogP) is 5.43. The minimum Gasteiger partial charge on any atom is -0.449 e. The van der Waals surface area contributed by atoms with Crippen molar-refractivity contribution < 1.29 is 22.9 Å². The van der Waals surface area contributed by atoms with Crippen molar-refractivity contribution in [2.45, 2.75) is 46.1 Å². The van der Waals surface area contributed by atoms with Crippen LogP contribution >= 0.6 is 0 Å². The molecule has 37 heavy (non-hydrogen) atoms. The zero-order valence-corrected chi connectivity index (χ0v) is 21.5. The highest BCUT2D eigenvalue weighted by Crippen LogP contribution is 2.33. The SMILES string of the molecule is Cc1cc(C(=O)N2CCN(C(=O)c3cc4nc(-c5ccc(F)cc5)cc(C(C)C)c4o3)C(C)(C)C2)on1. The number of hydrogen-bond acceptors (Lipinski definition) is 6. The number of piperazine rings is 1. The van der Waals surface area contributed by atoms with E-state index >= 15 is 0 Å². The molecule has 0 unspecified atom stereocenters. The van der Waals surface area contributed by atoms with Gasteiger partial charge in [0.1, 0.15) is 11.3 Å². The molecule has 192 valence electrons. The lowest BCUT2D eigenvalue weighted by Crippen LogP contribution is -2.62. The first-order chi connectivity index (χ1) is 17.5. The number of furan rings is 1. The van der Waals surface area contributed by atoms with Crippen molar-refractivity contribution >= 4 is 22.9 Å².